The molecular formula is C19H30ClN3O3. The SMILES string of the molecule is CC(C)C(N)CCN(C)C(=O)COc1ccc(N2CCCC2=O)cc1.Cl. The Balaban J connectivity index is 0.00000338. The van der Waals surface area contributed by atoms with Gasteiger partial charge in [-0.3, -0.25) is 9.59 Å². The Morgan fingerprint density at radius 2 is 1.96 bits per heavy atom. The van der Waals surface area contributed by atoms with Gasteiger partial charge in [-0.25, -0.2) is 0 Å². The van der Waals surface area contributed by atoms with Crippen LogP contribution in [0.3, 0.4) is 0 Å². The highest BCUT2D eigenvalue weighted by molar-refractivity contribution is 5.95. The molecule has 0 saturated carbocycles. The number of rotatable bonds is 8. The van der Waals surface area contributed by atoms with E-state index in [2.05, 4.69) is 13.8 Å². The van der Waals surface area contributed by atoms with Crippen molar-refractivity contribution in [3.05, 3.63) is 24.3 Å². The number of hydrogen-bond donors (Lipinski definition) is 1. The van der Waals surface area contributed by atoms with Gasteiger partial charge in [-0.05, 0) is 43.0 Å². The minimum absolute atomic E-state index is 0. The molecule has 1 aromatic carbocycles. The summed E-state index contributed by atoms with van der Waals surface area (Å²) in [5.74, 6) is 1.11. The standard InChI is InChI=1S/C19H29N3O3.ClH/c1-14(2)17(20)10-12-21(3)19(24)13-25-16-8-6-15(7-9-16)22-11-4-5-18(22)23;/h6-9,14,17H,4-5,10-13,20H2,1-3H3;1H. The lowest BCUT2D eigenvalue weighted by Gasteiger charge is -2.21. The van der Waals surface area contributed by atoms with E-state index in [1.54, 1.807) is 29.0 Å². The first kappa shape index (κ1) is 22.3. The third-order valence-electron chi connectivity index (χ3n) is 4.66. The van der Waals surface area contributed by atoms with Gasteiger partial charge in [0.25, 0.3) is 5.91 Å². The molecule has 1 atom stereocenters. The Morgan fingerprint density at radius 3 is 2.50 bits per heavy atom. The van der Waals surface area contributed by atoms with Crippen molar-refractivity contribution in [2.75, 3.05) is 31.6 Å². The molecule has 0 aliphatic carbocycles. The van der Waals surface area contributed by atoms with E-state index in [9.17, 15) is 9.59 Å². The second-order valence-corrected chi connectivity index (χ2v) is 6.94. The van der Waals surface area contributed by atoms with E-state index >= 15 is 0 Å². The number of nitrogens with zero attached hydrogens (tertiary/aromatic N) is 2. The fraction of sp³-hybridized carbons (Fsp3) is 0.579. The van der Waals surface area contributed by atoms with Gasteiger partial charge in [0.2, 0.25) is 5.91 Å². The monoisotopic (exact) mass is 383 g/mol. The number of likely N-dealkylation sites (N-methyl/N-ethyl adjacent to an activating group) is 1. The number of anilines is 1. The fourth-order valence-electron chi connectivity index (χ4n) is 2.70. The van der Waals surface area contributed by atoms with Gasteiger partial charge in [-0.2, -0.15) is 0 Å². The Labute approximate surface area is 162 Å². The van der Waals surface area contributed by atoms with Crippen molar-refractivity contribution in [3.63, 3.8) is 0 Å². The molecule has 0 radical (unpaired) electrons. The van der Waals surface area contributed by atoms with Crippen molar-refractivity contribution in [1.29, 1.82) is 0 Å². The summed E-state index contributed by atoms with van der Waals surface area (Å²) in [6.07, 6.45) is 2.29. The molecule has 0 bridgehead atoms. The molecule has 1 saturated heterocycles. The molecule has 1 aliphatic rings. The van der Waals surface area contributed by atoms with Crippen LogP contribution in [0.1, 0.15) is 33.1 Å². The second-order valence-electron chi connectivity index (χ2n) is 6.94. The summed E-state index contributed by atoms with van der Waals surface area (Å²) in [7, 11) is 1.76. The van der Waals surface area contributed by atoms with Crippen LogP contribution in [0.5, 0.6) is 5.75 Å². The molecule has 1 unspecified atom stereocenters. The summed E-state index contributed by atoms with van der Waals surface area (Å²) in [4.78, 5) is 27.3. The molecule has 2 amide bonds. The molecule has 1 aliphatic heterocycles. The van der Waals surface area contributed by atoms with Crippen molar-refractivity contribution in [2.45, 2.75) is 39.2 Å². The maximum absolute atomic E-state index is 12.1. The average Bonchev–Trinajstić information content (AvgIpc) is 3.03. The van der Waals surface area contributed by atoms with Gasteiger partial charge in [0.05, 0.1) is 0 Å². The van der Waals surface area contributed by atoms with E-state index in [0.717, 1.165) is 25.1 Å². The topological polar surface area (TPSA) is 75.9 Å². The summed E-state index contributed by atoms with van der Waals surface area (Å²) in [5.41, 5.74) is 6.88. The summed E-state index contributed by atoms with van der Waals surface area (Å²) >= 11 is 0. The van der Waals surface area contributed by atoms with Crippen molar-refractivity contribution < 1.29 is 14.3 Å². The van der Waals surface area contributed by atoms with Crippen LogP contribution in [-0.2, 0) is 9.59 Å². The maximum atomic E-state index is 12.1. The van der Waals surface area contributed by atoms with Crippen molar-refractivity contribution in [3.8, 4) is 5.75 Å². The first-order valence-corrected chi connectivity index (χ1v) is 8.91. The Morgan fingerprint density at radius 1 is 1.31 bits per heavy atom. The lowest BCUT2D eigenvalue weighted by molar-refractivity contribution is -0.132. The van der Waals surface area contributed by atoms with E-state index in [-0.39, 0.29) is 36.9 Å². The van der Waals surface area contributed by atoms with Gasteiger partial charge in [0.15, 0.2) is 6.61 Å². The van der Waals surface area contributed by atoms with E-state index < -0.39 is 0 Å². The maximum Gasteiger partial charge on any atom is 0.260 e. The summed E-state index contributed by atoms with van der Waals surface area (Å²) < 4.78 is 5.56. The van der Waals surface area contributed by atoms with Crippen molar-refractivity contribution in [1.82, 2.24) is 4.90 Å². The van der Waals surface area contributed by atoms with Gasteiger partial charge in [-0.15, -0.1) is 12.4 Å². The number of nitrogens with two attached hydrogens (primary N) is 1. The zero-order chi connectivity index (χ0) is 18.4. The molecule has 0 spiro atoms. The lowest BCUT2D eigenvalue weighted by atomic mass is 10.0. The van der Waals surface area contributed by atoms with Crippen LogP contribution in [0.4, 0.5) is 5.69 Å². The quantitative estimate of drug-likeness (QED) is 0.748. The highest BCUT2D eigenvalue weighted by Crippen LogP contribution is 2.23. The highest BCUT2D eigenvalue weighted by atomic mass is 35.5. The Kier molecular flexibility index (Phi) is 8.88. The molecule has 2 N–H and O–H groups in total. The molecule has 2 rings (SSSR count). The van der Waals surface area contributed by atoms with E-state index in [1.165, 1.54) is 0 Å². The molecule has 1 fully saturated rings. The largest absolute Gasteiger partial charge is 0.484 e. The van der Waals surface area contributed by atoms with Crippen LogP contribution in [-0.4, -0.2) is 49.5 Å². The summed E-state index contributed by atoms with van der Waals surface area (Å²) in [5, 5.41) is 0. The third-order valence-corrected chi connectivity index (χ3v) is 4.66. The number of carbonyl (C=O) groups is 2. The van der Waals surface area contributed by atoms with Crippen LogP contribution < -0.4 is 15.4 Å². The minimum Gasteiger partial charge on any atom is -0.484 e. The molecule has 1 heterocycles. The molecule has 1 aromatic rings. The predicted octanol–water partition coefficient (Wildman–Crippen LogP) is 2.45. The number of ether oxygens (including phenoxy) is 1. The number of amides is 2. The lowest BCUT2D eigenvalue weighted by Crippen LogP contribution is -2.36. The summed E-state index contributed by atoms with van der Waals surface area (Å²) in [6.45, 7) is 5.54. The number of benzene rings is 1. The minimum atomic E-state index is -0.0743. The predicted molar refractivity (Wildman–Crippen MR) is 106 cm³/mol. The molecule has 7 heteroatoms. The van der Waals surface area contributed by atoms with Gasteiger partial charge in [0, 0.05) is 38.3 Å². The van der Waals surface area contributed by atoms with Gasteiger partial charge in [-0.1, -0.05) is 13.8 Å². The zero-order valence-electron chi connectivity index (χ0n) is 15.8. The van der Waals surface area contributed by atoms with Crippen LogP contribution in [0.15, 0.2) is 24.3 Å². The third kappa shape index (κ3) is 6.18. The Hall–Kier alpha value is -1.79. The first-order chi connectivity index (χ1) is 11.9. The van der Waals surface area contributed by atoms with E-state index in [4.69, 9.17) is 10.5 Å². The molecule has 0 aromatic heterocycles. The average molecular weight is 384 g/mol. The zero-order valence-corrected chi connectivity index (χ0v) is 16.6. The van der Waals surface area contributed by atoms with Crippen LogP contribution in [0, 0.1) is 5.92 Å². The van der Waals surface area contributed by atoms with Gasteiger partial charge >= 0.3 is 0 Å². The number of hydrogen-bond acceptors (Lipinski definition) is 4. The number of halogens is 1. The normalized spacial score (nSPS) is 15.0. The van der Waals surface area contributed by atoms with Crippen LogP contribution in [0.2, 0.25) is 0 Å². The smallest absolute Gasteiger partial charge is 0.260 e. The molecule has 6 nitrogen and oxygen atoms in total. The fourth-order valence-corrected chi connectivity index (χ4v) is 2.70. The van der Waals surface area contributed by atoms with Crippen LogP contribution in [0.25, 0.3) is 0 Å². The first-order valence-electron chi connectivity index (χ1n) is 8.91. The van der Waals surface area contributed by atoms with Crippen molar-refractivity contribution >= 4 is 29.9 Å². The highest BCUT2D eigenvalue weighted by Gasteiger charge is 2.21. The number of carbonyl (C=O) groups excluding carboxylic acids is 2. The second kappa shape index (κ2) is 10.4. The Bertz CT molecular complexity index is 592. The molecule has 26 heavy (non-hydrogen) atoms. The van der Waals surface area contributed by atoms with Crippen molar-refractivity contribution in [2.24, 2.45) is 11.7 Å². The van der Waals surface area contributed by atoms with Gasteiger partial charge < -0.3 is 20.3 Å². The molecular weight excluding hydrogens is 354 g/mol. The van der Waals surface area contributed by atoms with Gasteiger partial charge in [0.1, 0.15) is 5.75 Å². The van der Waals surface area contributed by atoms with Crippen LogP contribution >= 0.6 is 12.4 Å². The summed E-state index contributed by atoms with van der Waals surface area (Å²) in [6, 6.07) is 7.39. The van der Waals surface area contributed by atoms with E-state index in [0.29, 0.717) is 24.6 Å². The molecule has 146 valence electrons. The van der Waals surface area contributed by atoms with E-state index in [1.807, 2.05) is 12.1 Å².